The smallest absolute Gasteiger partial charge is 0.310 e. The van der Waals surface area contributed by atoms with E-state index < -0.39 is 21.8 Å². The molecule has 2 N–H and O–H groups in total. The van der Waals surface area contributed by atoms with Crippen LogP contribution >= 0.6 is 0 Å². The first-order valence-corrected chi connectivity index (χ1v) is 11.5. The fourth-order valence-corrected chi connectivity index (χ4v) is 5.90. The minimum atomic E-state index is -3.55. The van der Waals surface area contributed by atoms with Gasteiger partial charge in [-0.3, -0.25) is 9.59 Å². The maximum atomic E-state index is 12.7. The molecule has 1 aromatic rings. The Morgan fingerprint density at radius 1 is 1.24 bits per heavy atom. The van der Waals surface area contributed by atoms with Gasteiger partial charge in [0.1, 0.15) is 10.5 Å². The van der Waals surface area contributed by atoms with Crippen molar-refractivity contribution in [3.05, 3.63) is 24.3 Å². The molecular weight excluding hydrogens is 394 g/mol. The summed E-state index contributed by atoms with van der Waals surface area (Å²) in [5.74, 6) is -0.626. The van der Waals surface area contributed by atoms with Crippen molar-refractivity contribution in [2.75, 3.05) is 18.4 Å². The zero-order valence-corrected chi connectivity index (χ0v) is 17.5. The Kier molecular flexibility index (Phi) is 5.06. The van der Waals surface area contributed by atoms with Gasteiger partial charge in [-0.2, -0.15) is 4.72 Å². The van der Waals surface area contributed by atoms with Crippen molar-refractivity contribution in [1.82, 2.24) is 9.62 Å². The number of cyclic esters (lactones) is 1. The molecule has 158 valence electrons. The lowest BCUT2D eigenvalue weighted by molar-refractivity contribution is -0.150. The summed E-state index contributed by atoms with van der Waals surface area (Å²) >= 11 is 0. The number of fused-ring (bicyclic) bond motifs is 1. The lowest BCUT2D eigenvalue weighted by Crippen LogP contribution is -2.52. The number of anilines is 1. The first-order chi connectivity index (χ1) is 13.6. The zero-order valence-electron chi connectivity index (χ0n) is 16.7. The van der Waals surface area contributed by atoms with Crippen molar-refractivity contribution in [2.24, 2.45) is 11.8 Å². The van der Waals surface area contributed by atoms with Gasteiger partial charge in [0.05, 0.1) is 17.8 Å². The quantitative estimate of drug-likeness (QED) is 0.720. The number of nitrogens with zero attached hydrogens (tertiary/aromatic N) is 1. The molecule has 29 heavy (non-hydrogen) atoms. The average molecular weight is 422 g/mol. The van der Waals surface area contributed by atoms with Crippen LogP contribution in [0.15, 0.2) is 29.2 Å². The van der Waals surface area contributed by atoms with Crippen LogP contribution in [-0.4, -0.2) is 50.1 Å². The summed E-state index contributed by atoms with van der Waals surface area (Å²) in [7, 11) is -3.55. The molecule has 3 heterocycles. The van der Waals surface area contributed by atoms with Crippen LogP contribution in [0.1, 0.15) is 39.5 Å². The molecule has 8 nitrogen and oxygen atoms in total. The van der Waals surface area contributed by atoms with E-state index in [1.165, 1.54) is 0 Å². The number of hydrogen-bond donors (Lipinski definition) is 2. The van der Waals surface area contributed by atoms with Crippen LogP contribution in [-0.2, 0) is 24.3 Å². The Hall–Kier alpha value is -2.13. The molecule has 0 aliphatic carbocycles. The Morgan fingerprint density at radius 2 is 1.93 bits per heavy atom. The predicted octanol–water partition coefficient (Wildman–Crippen LogP) is 1.69. The standard InChI is InChI=1S/C20H27N3O5S/c1-20(2)12-14(19(25)28-20)11-17(24)23-9-7-13(8-10-23)18-21-15-5-3-4-6-16(15)29(26,27)22-18/h3-6,13-14,18,21-22H,7-12H2,1-2H3/t14-,18+/m0/s1. The highest BCUT2D eigenvalue weighted by Crippen LogP contribution is 2.34. The number of sulfonamides is 1. The first-order valence-electron chi connectivity index (χ1n) is 10.0. The minimum absolute atomic E-state index is 0.0365. The van der Waals surface area contributed by atoms with E-state index in [0.29, 0.717) is 38.0 Å². The second-order valence-corrected chi connectivity index (χ2v) is 10.4. The van der Waals surface area contributed by atoms with Crippen molar-refractivity contribution < 1.29 is 22.7 Å². The number of ether oxygens (including phenoxy) is 1. The van der Waals surface area contributed by atoms with Gasteiger partial charge in [0.25, 0.3) is 0 Å². The van der Waals surface area contributed by atoms with E-state index in [2.05, 4.69) is 10.0 Å². The number of hydrogen-bond acceptors (Lipinski definition) is 6. The van der Waals surface area contributed by atoms with Gasteiger partial charge in [-0.05, 0) is 44.7 Å². The second kappa shape index (κ2) is 7.28. The molecule has 1 aromatic carbocycles. The molecular formula is C20H27N3O5S. The van der Waals surface area contributed by atoms with E-state index in [4.69, 9.17) is 4.74 Å². The number of amides is 1. The lowest BCUT2D eigenvalue weighted by Gasteiger charge is -2.39. The van der Waals surface area contributed by atoms with Gasteiger partial charge in [0.2, 0.25) is 15.9 Å². The first kappa shape index (κ1) is 20.2. The molecule has 1 amide bonds. The summed E-state index contributed by atoms with van der Waals surface area (Å²) < 4.78 is 33.1. The maximum absolute atomic E-state index is 12.7. The third kappa shape index (κ3) is 4.11. The molecule has 3 aliphatic heterocycles. The van der Waals surface area contributed by atoms with Gasteiger partial charge >= 0.3 is 5.97 Å². The lowest BCUT2D eigenvalue weighted by atomic mass is 9.91. The third-order valence-corrected chi connectivity index (χ3v) is 7.50. The van der Waals surface area contributed by atoms with Crippen molar-refractivity contribution >= 4 is 27.6 Å². The Bertz CT molecular complexity index is 922. The molecule has 0 radical (unpaired) electrons. The molecule has 3 aliphatic rings. The van der Waals surface area contributed by atoms with Gasteiger partial charge < -0.3 is 15.0 Å². The van der Waals surface area contributed by atoms with E-state index >= 15 is 0 Å². The van der Waals surface area contributed by atoms with E-state index in [1.54, 1.807) is 29.2 Å². The molecule has 2 atom stereocenters. The summed E-state index contributed by atoms with van der Waals surface area (Å²) in [6.45, 7) is 4.82. The van der Waals surface area contributed by atoms with Crippen LogP contribution in [0.5, 0.6) is 0 Å². The zero-order chi connectivity index (χ0) is 20.8. The second-order valence-electron chi connectivity index (χ2n) is 8.74. The van der Waals surface area contributed by atoms with Crippen molar-refractivity contribution in [3.8, 4) is 0 Å². The van der Waals surface area contributed by atoms with E-state index in [9.17, 15) is 18.0 Å². The number of nitrogens with one attached hydrogen (secondary N) is 2. The highest BCUT2D eigenvalue weighted by atomic mass is 32.2. The highest BCUT2D eigenvalue weighted by Gasteiger charge is 2.42. The SMILES string of the molecule is CC1(C)C[C@H](CC(=O)N2CCC([C@@H]3Nc4ccccc4S(=O)(=O)N3)CC2)C(=O)O1. The molecule has 2 fully saturated rings. The summed E-state index contributed by atoms with van der Waals surface area (Å²) in [4.78, 5) is 26.7. The average Bonchev–Trinajstić information content (AvgIpc) is 2.92. The normalized spacial score (nSPS) is 28.3. The van der Waals surface area contributed by atoms with Crippen LogP contribution in [0, 0.1) is 11.8 Å². The molecule has 2 saturated heterocycles. The number of para-hydroxylation sites is 1. The number of rotatable bonds is 3. The monoisotopic (exact) mass is 421 g/mol. The number of benzene rings is 1. The fourth-order valence-electron chi connectivity index (χ4n) is 4.51. The Balaban J connectivity index is 1.34. The molecule has 0 unspecified atom stereocenters. The maximum Gasteiger partial charge on any atom is 0.310 e. The van der Waals surface area contributed by atoms with Crippen LogP contribution in [0.3, 0.4) is 0 Å². The van der Waals surface area contributed by atoms with Crippen LogP contribution in [0.4, 0.5) is 5.69 Å². The molecule has 4 rings (SSSR count). The number of piperidine rings is 1. The van der Waals surface area contributed by atoms with Crippen molar-refractivity contribution in [2.45, 2.75) is 56.2 Å². The predicted molar refractivity (Wildman–Crippen MR) is 106 cm³/mol. The Morgan fingerprint density at radius 3 is 2.59 bits per heavy atom. The molecule has 9 heteroatoms. The van der Waals surface area contributed by atoms with Gasteiger partial charge in [-0.25, -0.2) is 8.42 Å². The summed E-state index contributed by atoms with van der Waals surface area (Å²) in [5.41, 5.74) is 0.104. The largest absolute Gasteiger partial charge is 0.459 e. The fraction of sp³-hybridized carbons (Fsp3) is 0.600. The minimum Gasteiger partial charge on any atom is -0.459 e. The molecule has 0 saturated carbocycles. The third-order valence-electron chi connectivity index (χ3n) is 6.00. The number of carbonyl (C=O) groups excluding carboxylic acids is 2. The summed E-state index contributed by atoms with van der Waals surface area (Å²) in [6.07, 6.45) is 1.72. The Labute approximate surface area is 171 Å². The van der Waals surface area contributed by atoms with Crippen LogP contribution < -0.4 is 10.0 Å². The van der Waals surface area contributed by atoms with Crippen molar-refractivity contribution in [3.63, 3.8) is 0 Å². The summed E-state index contributed by atoms with van der Waals surface area (Å²) in [6, 6.07) is 6.85. The highest BCUT2D eigenvalue weighted by molar-refractivity contribution is 7.89. The number of likely N-dealkylation sites (tertiary alicyclic amines) is 1. The van der Waals surface area contributed by atoms with Gasteiger partial charge in [0.15, 0.2) is 0 Å². The number of carbonyl (C=O) groups is 2. The van der Waals surface area contributed by atoms with Gasteiger partial charge in [-0.1, -0.05) is 12.1 Å². The molecule has 0 spiro atoms. The van der Waals surface area contributed by atoms with Crippen LogP contribution in [0.2, 0.25) is 0 Å². The molecule has 0 bridgehead atoms. The summed E-state index contributed by atoms with van der Waals surface area (Å²) in [5, 5.41) is 3.29. The van der Waals surface area contributed by atoms with E-state index in [-0.39, 0.29) is 35.0 Å². The topological polar surface area (TPSA) is 105 Å². The van der Waals surface area contributed by atoms with Gasteiger partial charge in [0, 0.05) is 25.9 Å². The number of esters is 1. The van der Waals surface area contributed by atoms with Gasteiger partial charge in [-0.15, -0.1) is 0 Å². The van der Waals surface area contributed by atoms with E-state index in [0.717, 1.165) is 0 Å². The van der Waals surface area contributed by atoms with Crippen LogP contribution in [0.25, 0.3) is 0 Å². The molecule has 0 aromatic heterocycles. The van der Waals surface area contributed by atoms with Crippen molar-refractivity contribution in [1.29, 1.82) is 0 Å². The van der Waals surface area contributed by atoms with E-state index in [1.807, 2.05) is 13.8 Å².